The Balaban J connectivity index is 1.76. The molecule has 0 bridgehead atoms. The highest BCUT2D eigenvalue weighted by molar-refractivity contribution is 7.16. The third kappa shape index (κ3) is 4.35. The van der Waals surface area contributed by atoms with E-state index >= 15 is 0 Å². The van der Waals surface area contributed by atoms with E-state index in [0.717, 1.165) is 34.9 Å². The Morgan fingerprint density at radius 3 is 2.90 bits per heavy atom. The lowest BCUT2D eigenvalue weighted by molar-refractivity contribution is 0.0973. The molecule has 4 aromatic rings. The smallest absolute Gasteiger partial charge is 0.315 e. The van der Waals surface area contributed by atoms with Gasteiger partial charge in [0.25, 0.3) is 0 Å². The van der Waals surface area contributed by atoms with Gasteiger partial charge in [-0.05, 0) is 49.6 Å². The molecule has 0 radical (unpaired) electrons. The van der Waals surface area contributed by atoms with Crippen LogP contribution in [0.2, 0.25) is 0 Å². The zero-order chi connectivity index (χ0) is 21.8. The first-order valence-corrected chi connectivity index (χ1v) is 11.4. The first kappa shape index (κ1) is 21.1. The molecule has 0 aliphatic heterocycles. The molecule has 0 spiro atoms. The van der Waals surface area contributed by atoms with E-state index in [1.165, 1.54) is 16.9 Å². The van der Waals surface area contributed by atoms with E-state index in [2.05, 4.69) is 36.7 Å². The van der Waals surface area contributed by atoms with Gasteiger partial charge in [-0.15, -0.1) is 6.58 Å². The van der Waals surface area contributed by atoms with Gasteiger partial charge < -0.3 is 13.7 Å². The van der Waals surface area contributed by atoms with E-state index in [1.54, 1.807) is 6.07 Å². The minimum Gasteiger partial charge on any atom is -0.490 e. The topological polar surface area (TPSA) is 56.7 Å². The lowest BCUT2D eigenvalue weighted by Gasteiger charge is -2.03. The van der Waals surface area contributed by atoms with Gasteiger partial charge in [0.2, 0.25) is 0 Å². The summed E-state index contributed by atoms with van der Waals surface area (Å²) < 4.78 is 14.6. The van der Waals surface area contributed by atoms with Gasteiger partial charge in [0, 0.05) is 11.9 Å². The summed E-state index contributed by atoms with van der Waals surface area (Å²) in [5.41, 5.74) is 2.93. The minimum atomic E-state index is -0.408. The Hall–Kier alpha value is -3.12. The number of amides is 1. The minimum absolute atomic E-state index is 0.202. The number of allylic oxidation sites excluding steroid dienone is 1. The number of fused-ring (bicyclic) bond motifs is 2. The van der Waals surface area contributed by atoms with Gasteiger partial charge in [-0.2, -0.15) is 4.99 Å². The van der Waals surface area contributed by atoms with Crippen molar-refractivity contribution >= 4 is 38.4 Å². The maximum atomic E-state index is 13.0. The number of aryl methyl sites for hydroxylation is 1. The zero-order valence-electron chi connectivity index (χ0n) is 17.9. The van der Waals surface area contributed by atoms with Crippen LogP contribution in [0.3, 0.4) is 0 Å². The average molecular weight is 435 g/mol. The molecule has 0 N–H and O–H groups in total. The number of hydrogen-bond donors (Lipinski definition) is 0. The number of hydrogen-bond acceptors (Lipinski definition) is 4. The molecule has 6 heteroatoms. The molecule has 0 fully saturated rings. The predicted octanol–water partition coefficient (Wildman–Crippen LogP) is 6.12. The number of nitrogens with zero attached hydrogens (tertiary/aromatic N) is 2. The summed E-state index contributed by atoms with van der Waals surface area (Å²) in [7, 11) is 0. The predicted molar refractivity (Wildman–Crippen MR) is 126 cm³/mol. The quantitative estimate of drug-likeness (QED) is 0.314. The molecule has 0 saturated carbocycles. The molecule has 0 unspecified atom stereocenters. The van der Waals surface area contributed by atoms with Crippen LogP contribution in [-0.4, -0.2) is 17.1 Å². The van der Waals surface area contributed by atoms with Crippen LogP contribution < -0.4 is 9.54 Å². The molecule has 0 aliphatic rings. The summed E-state index contributed by atoms with van der Waals surface area (Å²) in [6, 6.07) is 13.8. The van der Waals surface area contributed by atoms with Crippen LogP contribution in [0.4, 0.5) is 0 Å². The monoisotopic (exact) mass is 434 g/mol. The number of carbonyl (C=O) groups excluding carboxylic acids is 1. The lowest BCUT2D eigenvalue weighted by atomic mass is 10.1. The first-order valence-electron chi connectivity index (χ1n) is 10.6. The fourth-order valence-corrected chi connectivity index (χ4v) is 4.70. The highest BCUT2D eigenvalue weighted by Gasteiger charge is 2.16. The van der Waals surface area contributed by atoms with Crippen molar-refractivity contribution in [2.75, 3.05) is 6.61 Å². The third-order valence-electron chi connectivity index (χ3n) is 5.09. The maximum Gasteiger partial charge on any atom is 0.315 e. The Morgan fingerprint density at radius 1 is 1.26 bits per heavy atom. The van der Waals surface area contributed by atoms with Crippen LogP contribution in [0.25, 0.3) is 21.2 Å². The van der Waals surface area contributed by atoms with E-state index in [-0.39, 0.29) is 5.76 Å². The van der Waals surface area contributed by atoms with Crippen molar-refractivity contribution < 1.29 is 13.9 Å². The Labute approximate surface area is 185 Å². The normalized spacial score (nSPS) is 12.0. The number of aromatic nitrogens is 1. The number of para-hydroxylation sites is 1. The van der Waals surface area contributed by atoms with Crippen molar-refractivity contribution in [2.45, 2.75) is 39.7 Å². The molecular weight excluding hydrogens is 408 g/mol. The van der Waals surface area contributed by atoms with Crippen molar-refractivity contribution in [1.82, 2.24) is 4.57 Å². The second-order valence-corrected chi connectivity index (χ2v) is 8.33. The summed E-state index contributed by atoms with van der Waals surface area (Å²) in [6.45, 7) is 9.07. The van der Waals surface area contributed by atoms with Gasteiger partial charge in [0.1, 0.15) is 0 Å². The molecule has 0 atom stereocenters. The largest absolute Gasteiger partial charge is 0.490 e. The fourth-order valence-electron chi connectivity index (χ4n) is 3.60. The molecule has 2 heterocycles. The van der Waals surface area contributed by atoms with Crippen LogP contribution in [0.15, 0.2) is 64.5 Å². The summed E-state index contributed by atoms with van der Waals surface area (Å²) >= 11 is 1.51. The number of ether oxygens (including phenoxy) is 1. The SMILES string of the molecule is C=CCn1c(=NC(=O)c2cc3cccc(OCC)c3o2)sc2cc(CCCC)ccc21. The van der Waals surface area contributed by atoms with Gasteiger partial charge in [-0.25, -0.2) is 0 Å². The van der Waals surface area contributed by atoms with Crippen molar-refractivity contribution in [3.05, 3.63) is 71.2 Å². The summed E-state index contributed by atoms with van der Waals surface area (Å²) in [5, 5.41) is 0.820. The van der Waals surface area contributed by atoms with Crippen molar-refractivity contribution in [2.24, 2.45) is 4.99 Å². The lowest BCUT2D eigenvalue weighted by Crippen LogP contribution is -2.16. The summed E-state index contributed by atoms with van der Waals surface area (Å²) in [6.07, 6.45) is 5.19. The number of furan rings is 1. The highest BCUT2D eigenvalue weighted by Crippen LogP contribution is 2.29. The van der Waals surface area contributed by atoms with Crippen molar-refractivity contribution in [1.29, 1.82) is 0 Å². The van der Waals surface area contributed by atoms with Crippen molar-refractivity contribution in [3.8, 4) is 5.75 Å². The van der Waals surface area contributed by atoms with Crippen LogP contribution >= 0.6 is 11.3 Å². The molecule has 160 valence electrons. The van der Waals surface area contributed by atoms with Gasteiger partial charge in [-0.3, -0.25) is 4.79 Å². The molecular formula is C25H26N2O3S. The van der Waals surface area contributed by atoms with Gasteiger partial charge >= 0.3 is 5.91 Å². The van der Waals surface area contributed by atoms with Gasteiger partial charge in [0.05, 0.1) is 16.8 Å². The van der Waals surface area contributed by atoms with Crippen LogP contribution in [0.5, 0.6) is 5.75 Å². The van der Waals surface area contributed by atoms with E-state index in [4.69, 9.17) is 9.15 Å². The van der Waals surface area contributed by atoms with Gasteiger partial charge in [0.15, 0.2) is 21.9 Å². The maximum absolute atomic E-state index is 13.0. The number of benzene rings is 2. The van der Waals surface area contributed by atoms with Crippen molar-refractivity contribution in [3.63, 3.8) is 0 Å². The molecule has 0 saturated heterocycles. The Bertz CT molecular complexity index is 1310. The second-order valence-electron chi connectivity index (χ2n) is 7.32. The van der Waals surface area contributed by atoms with Gasteiger partial charge in [-0.1, -0.05) is 49.0 Å². The Kier molecular flexibility index (Phi) is 6.37. The van der Waals surface area contributed by atoms with Crippen LogP contribution in [-0.2, 0) is 13.0 Å². The molecule has 2 aromatic heterocycles. The first-order chi connectivity index (χ1) is 15.1. The van der Waals surface area contributed by atoms with E-state index < -0.39 is 5.91 Å². The average Bonchev–Trinajstić information content (AvgIpc) is 3.35. The molecule has 4 rings (SSSR count). The second kappa shape index (κ2) is 9.35. The standard InChI is InChI=1S/C25H26N2O3S/c1-4-7-9-17-12-13-19-22(15-17)31-25(27(19)14-5-2)26-24(28)21-16-18-10-8-11-20(29-6-3)23(18)30-21/h5,8,10-13,15-16H,2,4,6-7,9,14H2,1,3H3. The van der Waals surface area contributed by atoms with E-state index in [1.807, 2.05) is 35.8 Å². The highest BCUT2D eigenvalue weighted by atomic mass is 32.1. The van der Waals surface area contributed by atoms with Crippen LogP contribution in [0, 0.1) is 0 Å². The molecule has 5 nitrogen and oxygen atoms in total. The number of thiazole rings is 1. The number of unbranched alkanes of at least 4 members (excludes halogenated alkanes) is 1. The van der Waals surface area contributed by atoms with E-state index in [0.29, 0.717) is 29.3 Å². The summed E-state index contributed by atoms with van der Waals surface area (Å²) in [4.78, 5) is 18.0. The number of carbonyl (C=O) groups is 1. The van der Waals surface area contributed by atoms with E-state index in [9.17, 15) is 4.79 Å². The molecule has 0 aliphatic carbocycles. The molecule has 1 amide bonds. The summed E-state index contributed by atoms with van der Waals surface area (Å²) in [5.74, 6) is 0.421. The fraction of sp³-hybridized carbons (Fsp3) is 0.280. The zero-order valence-corrected chi connectivity index (χ0v) is 18.7. The number of rotatable bonds is 8. The molecule has 2 aromatic carbocycles. The Morgan fingerprint density at radius 2 is 2.13 bits per heavy atom. The molecule has 31 heavy (non-hydrogen) atoms. The van der Waals surface area contributed by atoms with Crippen LogP contribution in [0.1, 0.15) is 42.8 Å². The third-order valence-corrected chi connectivity index (χ3v) is 6.13.